The summed E-state index contributed by atoms with van der Waals surface area (Å²) in [4.78, 5) is 15.4. The highest BCUT2D eigenvalue weighted by Crippen LogP contribution is 2.26. The normalized spacial score (nSPS) is 21.0. The Morgan fingerprint density at radius 1 is 1.43 bits per heavy atom. The molecule has 1 aliphatic rings. The summed E-state index contributed by atoms with van der Waals surface area (Å²) in [6.07, 6.45) is 6.82. The van der Waals surface area contributed by atoms with Crippen molar-refractivity contribution < 1.29 is 9.90 Å². The molecule has 0 spiro atoms. The van der Waals surface area contributed by atoms with E-state index in [2.05, 4.69) is 24.8 Å². The number of hydrogen-bond donors (Lipinski definition) is 1. The van der Waals surface area contributed by atoms with Crippen LogP contribution in [0.25, 0.3) is 6.08 Å². The Morgan fingerprint density at radius 2 is 2.24 bits per heavy atom. The van der Waals surface area contributed by atoms with Crippen molar-refractivity contribution in [2.75, 3.05) is 13.1 Å². The van der Waals surface area contributed by atoms with Gasteiger partial charge in [-0.05, 0) is 62.4 Å². The van der Waals surface area contributed by atoms with E-state index in [1.807, 2.05) is 6.07 Å². The van der Waals surface area contributed by atoms with E-state index in [0.29, 0.717) is 0 Å². The van der Waals surface area contributed by atoms with Crippen molar-refractivity contribution >= 4 is 23.4 Å². The van der Waals surface area contributed by atoms with Crippen LogP contribution >= 0.6 is 11.3 Å². The lowest BCUT2D eigenvalue weighted by Crippen LogP contribution is -2.24. The molecule has 2 heterocycles. The predicted molar refractivity (Wildman–Crippen MR) is 88.4 cm³/mol. The molecule has 0 saturated carbocycles. The van der Waals surface area contributed by atoms with E-state index in [-0.39, 0.29) is 0 Å². The highest BCUT2D eigenvalue weighted by Gasteiger charge is 2.19. The summed E-state index contributed by atoms with van der Waals surface area (Å²) in [6, 6.07) is 4.13. The smallest absolute Gasteiger partial charge is 0.328 e. The van der Waals surface area contributed by atoms with E-state index in [1.54, 1.807) is 17.4 Å². The fourth-order valence-corrected chi connectivity index (χ4v) is 3.91. The first-order valence-electron chi connectivity index (χ1n) is 7.76. The lowest BCUT2D eigenvalue weighted by molar-refractivity contribution is -0.131. The minimum Gasteiger partial charge on any atom is -0.478 e. The van der Waals surface area contributed by atoms with Crippen LogP contribution in [0.15, 0.2) is 18.2 Å². The summed E-state index contributed by atoms with van der Waals surface area (Å²) in [7, 11) is 0. The molecule has 1 aliphatic heterocycles. The number of likely N-dealkylation sites (tertiary alicyclic amines) is 1. The lowest BCUT2D eigenvalue weighted by Gasteiger charge is -2.20. The average molecular weight is 307 g/mol. The molecule has 1 unspecified atom stereocenters. The van der Waals surface area contributed by atoms with Gasteiger partial charge in [0.25, 0.3) is 0 Å². The largest absolute Gasteiger partial charge is 0.478 e. The van der Waals surface area contributed by atoms with Crippen molar-refractivity contribution in [1.82, 2.24) is 4.90 Å². The molecule has 1 atom stereocenters. The van der Waals surface area contributed by atoms with Crippen molar-refractivity contribution in [3.63, 3.8) is 0 Å². The highest BCUT2D eigenvalue weighted by molar-refractivity contribution is 7.12. The SMILES string of the molecule is CC(C)C1CCCN(Cc2ccc(C=CC(=O)O)s2)CC1. The Balaban J connectivity index is 1.88. The molecule has 2 rings (SSSR count). The average Bonchev–Trinajstić information content (AvgIpc) is 2.73. The maximum absolute atomic E-state index is 10.5. The van der Waals surface area contributed by atoms with E-state index in [1.165, 1.54) is 43.3 Å². The molecule has 0 radical (unpaired) electrons. The first-order valence-corrected chi connectivity index (χ1v) is 8.58. The second-order valence-corrected chi connectivity index (χ2v) is 7.39. The molecular formula is C17H25NO2S. The van der Waals surface area contributed by atoms with Gasteiger partial charge in [0.15, 0.2) is 0 Å². The molecule has 0 amide bonds. The second kappa shape index (κ2) is 7.76. The zero-order valence-corrected chi connectivity index (χ0v) is 13.7. The molecule has 0 aliphatic carbocycles. The number of nitrogens with zero attached hydrogens (tertiary/aromatic N) is 1. The van der Waals surface area contributed by atoms with Crippen LogP contribution in [0.3, 0.4) is 0 Å². The van der Waals surface area contributed by atoms with Crippen LogP contribution in [0.1, 0.15) is 42.9 Å². The summed E-state index contributed by atoms with van der Waals surface area (Å²) in [5, 5.41) is 8.65. The Labute approximate surface area is 131 Å². The molecule has 116 valence electrons. The Bertz CT molecular complexity index is 493. The van der Waals surface area contributed by atoms with Crippen LogP contribution < -0.4 is 0 Å². The number of carboxylic acids is 1. The van der Waals surface area contributed by atoms with Gasteiger partial charge in [0.05, 0.1) is 0 Å². The third-order valence-electron chi connectivity index (χ3n) is 4.26. The van der Waals surface area contributed by atoms with Crippen molar-refractivity contribution in [2.45, 2.75) is 39.7 Å². The molecular weight excluding hydrogens is 282 g/mol. The minimum absolute atomic E-state index is 0.791. The first kappa shape index (κ1) is 16.2. The van der Waals surface area contributed by atoms with Gasteiger partial charge in [-0.3, -0.25) is 4.90 Å². The van der Waals surface area contributed by atoms with Gasteiger partial charge in [-0.2, -0.15) is 0 Å². The van der Waals surface area contributed by atoms with E-state index in [4.69, 9.17) is 5.11 Å². The second-order valence-electron chi connectivity index (χ2n) is 6.19. The van der Waals surface area contributed by atoms with Crippen molar-refractivity contribution in [1.29, 1.82) is 0 Å². The van der Waals surface area contributed by atoms with Crippen LogP contribution in [0.2, 0.25) is 0 Å². The van der Waals surface area contributed by atoms with Gasteiger partial charge < -0.3 is 5.11 Å². The van der Waals surface area contributed by atoms with Gasteiger partial charge in [0, 0.05) is 22.4 Å². The number of hydrogen-bond acceptors (Lipinski definition) is 3. The number of aliphatic carboxylic acids is 1. The van der Waals surface area contributed by atoms with Gasteiger partial charge in [0.1, 0.15) is 0 Å². The zero-order valence-electron chi connectivity index (χ0n) is 12.9. The van der Waals surface area contributed by atoms with Gasteiger partial charge in [-0.15, -0.1) is 11.3 Å². The van der Waals surface area contributed by atoms with Crippen LogP contribution in [0.4, 0.5) is 0 Å². The third kappa shape index (κ3) is 5.29. The Morgan fingerprint density at radius 3 is 2.95 bits per heavy atom. The van der Waals surface area contributed by atoms with Gasteiger partial charge in [0.2, 0.25) is 0 Å². The molecule has 0 aromatic carbocycles. The van der Waals surface area contributed by atoms with Crippen molar-refractivity contribution in [2.24, 2.45) is 11.8 Å². The molecule has 1 aromatic rings. The highest BCUT2D eigenvalue weighted by atomic mass is 32.1. The number of rotatable bonds is 5. The molecule has 1 saturated heterocycles. The van der Waals surface area contributed by atoms with Crippen LogP contribution in [-0.2, 0) is 11.3 Å². The minimum atomic E-state index is -0.891. The van der Waals surface area contributed by atoms with Gasteiger partial charge >= 0.3 is 5.97 Å². The van der Waals surface area contributed by atoms with Crippen molar-refractivity contribution in [3.8, 4) is 0 Å². The molecule has 4 heteroatoms. The number of thiophene rings is 1. The molecule has 1 N–H and O–H groups in total. The Kier molecular flexibility index (Phi) is 6.00. The van der Waals surface area contributed by atoms with Gasteiger partial charge in [-0.1, -0.05) is 13.8 Å². The maximum Gasteiger partial charge on any atom is 0.328 e. The summed E-state index contributed by atoms with van der Waals surface area (Å²) in [6.45, 7) is 8.03. The van der Waals surface area contributed by atoms with E-state index in [0.717, 1.165) is 23.3 Å². The topological polar surface area (TPSA) is 40.5 Å². The molecule has 1 fully saturated rings. The zero-order chi connectivity index (χ0) is 15.2. The van der Waals surface area contributed by atoms with Crippen LogP contribution in [0, 0.1) is 11.8 Å². The monoisotopic (exact) mass is 307 g/mol. The maximum atomic E-state index is 10.5. The van der Waals surface area contributed by atoms with E-state index < -0.39 is 5.97 Å². The van der Waals surface area contributed by atoms with Gasteiger partial charge in [-0.25, -0.2) is 4.79 Å². The van der Waals surface area contributed by atoms with E-state index >= 15 is 0 Å². The summed E-state index contributed by atoms with van der Waals surface area (Å²) < 4.78 is 0. The molecule has 0 bridgehead atoms. The van der Waals surface area contributed by atoms with Crippen molar-refractivity contribution in [3.05, 3.63) is 28.0 Å². The van der Waals surface area contributed by atoms with E-state index in [9.17, 15) is 4.79 Å². The summed E-state index contributed by atoms with van der Waals surface area (Å²) in [5.41, 5.74) is 0. The quantitative estimate of drug-likeness (QED) is 0.832. The molecule has 1 aromatic heterocycles. The van der Waals surface area contributed by atoms with Crippen LogP contribution in [0.5, 0.6) is 0 Å². The summed E-state index contributed by atoms with van der Waals surface area (Å²) >= 11 is 1.69. The fraction of sp³-hybridized carbons (Fsp3) is 0.588. The number of carbonyl (C=O) groups is 1. The third-order valence-corrected chi connectivity index (χ3v) is 5.30. The lowest BCUT2D eigenvalue weighted by atomic mass is 9.89. The molecule has 3 nitrogen and oxygen atoms in total. The standard InChI is InChI=1S/C17H25NO2S/c1-13(2)14-4-3-10-18(11-9-14)12-16-6-5-15(21-16)7-8-17(19)20/h5-8,13-14H,3-4,9-12H2,1-2H3,(H,19,20). The predicted octanol–water partition coefficient (Wildman–Crippen LogP) is 4.10. The number of carboxylic acid groups (broad SMARTS) is 1. The van der Waals surface area contributed by atoms with Crippen LogP contribution in [-0.4, -0.2) is 29.1 Å². The fourth-order valence-electron chi connectivity index (χ4n) is 2.95. The summed E-state index contributed by atoms with van der Waals surface area (Å²) in [5.74, 6) is 0.768. The molecule has 21 heavy (non-hydrogen) atoms. The Hall–Kier alpha value is -1.13. The first-order chi connectivity index (χ1) is 10.0.